The van der Waals surface area contributed by atoms with E-state index in [4.69, 9.17) is 21.5 Å². The molecule has 2 aromatic rings. The fourth-order valence-electron chi connectivity index (χ4n) is 1.58. The summed E-state index contributed by atoms with van der Waals surface area (Å²) < 4.78 is 5.59. The number of ether oxygens (including phenoxy) is 1. The average molecular weight is 250 g/mol. The first kappa shape index (κ1) is 11.7. The lowest BCUT2D eigenvalue weighted by atomic mass is 10.1. The van der Waals surface area contributed by atoms with Gasteiger partial charge in [0.05, 0.1) is 5.88 Å². The first-order chi connectivity index (χ1) is 8.35. The highest BCUT2D eigenvalue weighted by Crippen LogP contribution is 2.24. The van der Waals surface area contributed by atoms with Crippen LogP contribution in [0.4, 0.5) is 0 Å². The van der Waals surface area contributed by atoms with E-state index in [0.717, 1.165) is 16.5 Å². The predicted molar refractivity (Wildman–Crippen MR) is 69.4 cm³/mol. The van der Waals surface area contributed by atoms with Gasteiger partial charge in [0.1, 0.15) is 18.1 Å². The summed E-state index contributed by atoms with van der Waals surface area (Å²) in [7, 11) is 0. The Morgan fingerprint density at radius 2 is 1.94 bits per heavy atom. The van der Waals surface area contributed by atoms with Gasteiger partial charge < -0.3 is 9.94 Å². The van der Waals surface area contributed by atoms with Crippen molar-refractivity contribution in [2.75, 3.05) is 12.5 Å². The number of hydrogen-bond donors (Lipinski definition) is 1. The zero-order chi connectivity index (χ0) is 12.1. The van der Waals surface area contributed by atoms with Gasteiger partial charge in [-0.3, -0.25) is 0 Å². The van der Waals surface area contributed by atoms with Gasteiger partial charge in [-0.1, -0.05) is 41.6 Å². The molecule has 4 heteroatoms. The van der Waals surface area contributed by atoms with E-state index in [0.29, 0.717) is 5.71 Å². The lowest BCUT2D eigenvalue weighted by Gasteiger charge is -2.08. The van der Waals surface area contributed by atoms with Crippen LogP contribution in [0.3, 0.4) is 0 Å². The summed E-state index contributed by atoms with van der Waals surface area (Å²) in [6.07, 6.45) is 0. The standard InChI is InChI=1S/C13H12ClNO2/c14-8-11(15-16)9-17-13-7-3-5-10-4-1-2-6-12(10)13/h1-7,16H,8-9H2/b15-11+. The molecule has 0 saturated heterocycles. The fraction of sp³-hybridized carbons (Fsp3) is 0.154. The van der Waals surface area contributed by atoms with Gasteiger partial charge in [0.2, 0.25) is 0 Å². The zero-order valence-electron chi connectivity index (χ0n) is 9.14. The summed E-state index contributed by atoms with van der Waals surface area (Å²) in [5, 5.41) is 13.8. The van der Waals surface area contributed by atoms with Crippen LogP contribution < -0.4 is 4.74 Å². The molecular formula is C13H12ClNO2. The first-order valence-corrected chi connectivity index (χ1v) is 5.75. The van der Waals surface area contributed by atoms with Gasteiger partial charge in [-0.25, -0.2) is 0 Å². The summed E-state index contributed by atoms with van der Waals surface area (Å²) in [6, 6.07) is 13.8. The Hall–Kier alpha value is -1.74. The van der Waals surface area contributed by atoms with Crippen molar-refractivity contribution in [1.29, 1.82) is 0 Å². The smallest absolute Gasteiger partial charge is 0.131 e. The van der Waals surface area contributed by atoms with Crippen molar-refractivity contribution < 1.29 is 9.94 Å². The van der Waals surface area contributed by atoms with Crippen LogP contribution in [0.25, 0.3) is 10.8 Å². The van der Waals surface area contributed by atoms with Crippen LogP contribution in [-0.2, 0) is 0 Å². The summed E-state index contributed by atoms with van der Waals surface area (Å²) in [4.78, 5) is 0. The monoisotopic (exact) mass is 249 g/mol. The molecule has 0 amide bonds. The van der Waals surface area contributed by atoms with Crippen molar-refractivity contribution in [2.24, 2.45) is 5.16 Å². The average Bonchev–Trinajstić information content (AvgIpc) is 2.40. The number of benzene rings is 2. The second-order valence-corrected chi connectivity index (χ2v) is 3.83. The van der Waals surface area contributed by atoms with Gasteiger partial charge in [0, 0.05) is 5.39 Å². The van der Waals surface area contributed by atoms with Crippen LogP contribution in [0.15, 0.2) is 47.6 Å². The number of rotatable bonds is 4. The van der Waals surface area contributed by atoms with Crippen LogP contribution in [0.5, 0.6) is 5.75 Å². The summed E-state index contributed by atoms with van der Waals surface area (Å²) >= 11 is 5.58. The van der Waals surface area contributed by atoms with Crippen LogP contribution in [0, 0.1) is 0 Å². The van der Waals surface area contributed by atoms with E-state index >= 15 is 0 Å². The minimum absolute atomic E-state index is 0.154. The minimum atomic E-state index is 0.154. The molecule has 0 saturated carbocycles. The van der Waals surface area contributed by atoms with Crippen molar-refractivity contribution in [3.63, 3.8) is 0 Å². The Morgan fingerprint density at radius 3 is 2.71 bits per heavy atom. The molecule has 0 aromatic heterocycles. The highest BCUT2D eigenvalue weighted by molar-refractivity contribution is 6.28. The Bertz CT molecular complexity index is 534. The quantitative estimate of drug-likeness (QED) is 0.391. The highest BCUT2D eigenvalue weighted by atomic mass is 35.5. The van der Waals surface area contributed by atoms with Crippen molar-refractivity contribution >= 4 is 28.1 Å². The molecule has 1 N–H and O–H groups in total. The van der Waals surface area contributed by atoms with Crippen molar-refractivity contribution in [3.05, 3.63) is 42.5 Å². The number of halogens is 1. The number of oxime groups is 1. The summed E-state index contributed by atoms with van der Waals surface area (Å²) in [6.45, 7) is 0.188. The Kier molecular flexibility index (Phi) is 3.83. The first-order valence-electron chi connectivity index (χ1n) is 5.21. The molecule has 0 fully saturated rings. The highest BCUT2D eigenvalue weighted by Gasteiger charge is 2.03. The van der Waals surface area contributed by atoms with Crippen LogP contribution in [0.1, 0.15) is 0 Å². The van der Waals surface area contributed by atoms with Gasteiger partial charge in [-0.2, -0.15) is 0 Å². The zero-order valence-corrected chi connectivity index (χ0v) is 9.89. The minimum Gasteiger partial charge on any atom is -0.487 e. The molecule has 0 atom stereocenters. The van der Waals surface area contributed by atoms with Gasteiger partial charge >= 0.3 is 0 Å². The molecule has 0 aliphatic carbocycles. The molecule has 2 aromatic carbocycles. The third-order valence-corrected chi connectivity index (χ3v) is 2.75. The van der Waals surface area contributed by atoms with Gasteiger partial charge in [-0.05, 0) is 11.5 Å². The molecule has 0 spiro atoms. The fourth-order valence-corrected chi connectivity index (χ4v) is 1.71. The number of alkyl halides is 1. The van der Waals surface area contributed by atoms with E-state index in [1.165, 1.54) is 0 Å². The molecule has 0 bridgehead atoms. The largest absolute Gasteiger partial charge is 0.487 e. The molecule has 88 valence electrons. The van der Waals surface area contributed by atoms with E-state index in [1.807, 2.05) is 42.5 Å². The summed E-state index contributed by atoms with van der Waals surface area (Å²) in [5.74, 6) is 0.913. The Morgan fingerprint density at radius 1 is 1.18 bits per heavy atom. The van der Waals surface area contributed by atoms with E-state index in [1.54, 1.807) is 0 Å². The molecule has 0 aliphatic heterocycles. The predicted octanol–water partition coefficient (Wildman–Crippen LogP) is 3.29. The molecule has 3 nitrogen and oxygen atoms in total. The Balaban J connectivity index is 2.24. The SMILES string of the molecule is O/N=C(\CCl)COc1cccc2ccccc12. The maximum Gasteiger partial charge on any atom is 0.131 e. The lowest BCUT2D eigenvalue weighted by Crippen LogP contribution is -2.13. The van der Waals surface area contributed by atoms with Crippen LogP contribution >= 0.6 is 11.6 Å². The van der Waals surface area contributed by atoms with Gasteiger partial charge in [0.25, 0.3) is 0 Å². The van der Waals surface area contributed by atoms with E-state index < -0.39 is 0 Å². The molecule has 0 heterocycles. The van der Waals surface area contributed by atoms with E-state index in [2.05, 4.69) is 5.16 Å². The molecule has 0 aliphatic rings. The topological polar surface area (TPSA) is 41.8 Å². The maximum atomic E-state index is 8.64. The van der Waals surface area contributed by atoms with E-state index in [-0.39, 0.29) is 12.5 Å². The third-order valence-electron chi connectivity index (χ3n) is 2.44. The molecule has 0 unspecified atom stereocenters. The van der Waals surface area contributed by atoms with Gasteiger partial charge in [-0.15, -0.1) is 11.6 Å². The lowest BCUT2D eigenvalue weighted by molar-refractivity contribution is 0.308. The van der Waals surface area contributed by atoms with E-state index in [9.17, 15) is 0 Å². The molecule has 17 heavy (non-hydrogen) atoms. The second-order valence-electron chi connectivity index (χ2n) is 3.57. The second kappa shape index (κ2) is 5.55. The van der Waals surface area contributed by atoms with Crippen LogP contribution in [0.2, 0.25) is 0 Å². The third kappa shape index (κ3) is 2.68. The maximum absolute atomic E-state index is 8.64. The Labute approximate surface area is 104 Å². The summed E-state index contributed by atoms with van der Waals surface area (Å²) in [5.41, 5.74) is 0.402. The number of nitrogens with zero attached hydrogens (tertiary/aromatic N) is 1. The number of fused-ring (bicyclic) bond motifs is 1. The molecule has 2 rings (SSSR count). The van der Waals surface area contributed by atoms with Crippen molar-refractivity contribution in [2.45, 2.75) is 0 Å². The molecule has 0 radical (unpaired) electrons. The normalized spacial score (nSPS) is 11.7. The van der Waals surface area contributed by atoms with Crippen LogP contribution in [-0.4, -0.2) is 23.4 Å². The van der Waals surface area contributed by atoms with Crippen molar-refractivity contribution in [3.8, 4) is 5.75 Å². The molecular weight excluding hydrogens is 238 g/mol. The van der Waals surface area contributed by atoms with Gasteiger partial charge in [0.15, 0.2) is 0 Å². The van der Waals surface area contributed by atoms with Crippen molar-refractivity contribution in [1.82, 2.24) is 0 Å². The number of hydrogen-bond acceptors (Lipinski definition) is 3.